The van der Waals surface area contributed by atoms with Crippen molar-refractivity contribution in [2.24, 2.45) is 10.9 Å². The van der Waals surface area contributed by atoms with Crippen molar-refractivity contribution in [3.63, 3.8) is 0 Å². The first-order chi connectivity index (χ1) is 15.1. The predicted molar refractivity (Wildman–Crippen MR) is 124 cm³/mol. The molecule has 2 amide bonds. The van der Waals surface area contributed by atoms with E-state index in [1.807, 2.05) is 29.2 Å². The van der Waals surface area contributed by atoms with E-state index in [0.29, 0.717) is 37.6 Å². The molecule has 1 saturated carbocycles. The smallest absolute Gasteiger partial charge is 0.227 e. The van der Waals surface area contributed by atoms with E-state index in [4.69, 9.17) is 11.6 Å². The summed E-state index contributed by atoms with van der Waals surface area (Å²) in [5, 5.41) is 7.03. The SMILES string of the molecule is CN=C(NCCNC(=O)C1CCCCC1)N1CCN(C(=O)Cc2cccc(Cl)c2)CC1. The third-order valence-electron chi connectivity index (χ3n) is 6.07. The molecule has 8 heteroatoms. The summed E-state index contributed by atoms with van der Waals surface area (Å²) in [6.07, 6.45) is 5.98. The monoisotopic (exact) mass is 447 g/mol. The van der Waals surface area contributed by atoms with Crippen LogP contribution in [0.1, 0.15) is 37.7 Å². The van der Waals surface area contributed by atoms with Crippen molar-refractivity contribution in [2.75, 3.05) is 46.3 Å². The summed E-state index contributed by atoms with van der Waals surface area (Å²) in [5.74, 6) is 1.30. The van der Waals surface area contributed by atoms with Crippen LogP contribution < -0.4 is 10.6 Å². The van der Waals surface area contributed by atoms with E-state index < -0.39 is 0 Å². The molecule has 1 heterocycles. The van der Waals surface area contributed by atoms with Crippen LogP contribution >= 0.6 is 11.6 Å². The summed E-state index contributed by atoms with van der Waals surface area (Å²) in [7, 11) is 1.76. The van der Waals surface area contributed by atoms with Crippen molar-refractivity contribution >= 4 is 29.4 Å². The lowest BCUT2D eigenvalue weighted by Gasteiger charge is -2.36. The fourth-order valence-electron chi connectivity index (χ4n) is 4.30. The maximum Gasteiger partial charge on any atom is 0.227 e. The minimum absolute atomic E-state index is 0.121. The lowest BCUT2D eigenvalue weighted by atomic mass is 9.89. The number of hydrogen-bond acceptors (Lipinski definition) is 3. The Labute approximate surface area is 190 Å². The van der Waals surface area contributed by atoms with Gasteiger partial charge >= 0.3 is 0 Å². The molecular formula is C23H34ClN5O2. The first-order valence-corrected chi connectivity index (χ1v) is 11.7. The fourth-order valence-corrected chi connectivity index (χ4v) is 4.52. The van der Waals surface area contributed by atoms with Gasteiger partial charge < -0.3 is 20.4 Å². The van der Waals surface area contributed by atoms with Gasteiger partial charge in [-0.3, -0.25) is 14.6 Å². The lowest BCUT2D eigenvalue weighted by Crippen LogP contribution is -2.54. The molecule has 0 spiro atoms. The molecule has 0 bridgehead atoms. The van der Waals surface area contributed by atoms with Gasteiger partial charge in [0.25, 0.3) is 0 Å². The van der Waals surface area contributed by atoms with Gasteiger partial charge in [0.15, 0.2) is 5.96 Å². The second kappa shape index (κ2) is 11.9. The minimum atomic E-state index is 0.121. The highest BCUT2D eigenvalue weighted by molar-refractivity contribution is 6.30. The molecule has 3 rings (SSSR count). The zero-order chi connectivity index (χ0) is 22.1. The molecule has 1 saturated heterocycles. The number of halogens is 1. The van der Waals surface area contributed by atoms with Crippen molar-refractivity contribution < 1.29 is 9.59 Å². The van der Waals surface area contributed by atoms with Crippen molar-refractivity contribution in [1.82, 2.24) is 20.4 Å². The molecule has 0 unspecified atom stereocenters. The molecule has 7 nitrogen and oxygen atoms in total. The van der Waals surface area contributed by atoms with Crippen LogP contribution in [0.15, 0.2) is 29.3 Å². The maximum atomic E-state index is 12.6. The van der Waals surface area contributed by atoms with Crippen LogP contribution in [0.2, 0.25) is 5.02 Å². The molecule has 2 fully saturated rings. The number of nitrogens with one attached hydrogen (secondary N) is 2. The first kappa shape index (κ1) is 23.4. The van der Waals surface area contributed by atoms with Gasteiger partial charge in [0.1, 0.15) is 0 Å². The van der Waals surface area contributed by atoms with Gasteiger partial charge in [-0.15, -0.1) is 0 Å². The Morgan fingerprint density at radius 1 is 1.03 bits per heavy atom. The van der Waals surface area contributed by atoms with Crippen LogP contribution in [0.5, 0.6) is 0 Å². The summed E-state index contributed by atoms with van der Waals surface area (Å²) in [4.78, 5) is 33.3. The Balaban J connectivity index is 1.36. The second-order valence-electron chi connectivity index (χ2n) is 8.27. The van der Waals surface area contributed by atoms with E-state index >= 15 is 0 Å². The molecule has 0 atom stereocenters. The van der Waals surface area contributed by atoms with Gasteiger partial charge in [-0.05, 0) is 30.5 Å². The normalized spacial score (nSPS) is 18.1. The quantitative estimate of drug-likeness (QED) is 0.398. The molecule has 170 valence electrons. The average Bonchev–Trinajstić information content (AvgIpc) is 2.80. The van der Waals surface area contributed by atoms with Crippen LogP contribution in [0.4, 0.5) is 0 Å². The highest BCUT2D eigenvalue weighted by Gasteiger charge is 2.23. The zero-order valence-corrected chi connectivity index (χ0v) is 19.2. The molecule has 31 heavy (non-hydrogen) atoms. The molecule has 1 aromatic carbocycles. The van der Waals surface area contributed by atoms with Crippen molar-refractivity contribution in [3.05, 3.63) is 34.9 Å². The van der Waals surface area contributed by atoms with Gasteiger partial charge in [0.05, 0.1) is 6.42 Å². The minimum Gasteiger partial charge on any atom is -0.354 e. The number of guanidine groups is 1. The van der Waals surface area contributed by atoms with Crippen molar-refractivity contribution in [3.8, 4) is 0 Å². The summed E-state index contributed by atoms with van der Waals surface area (Å²) >= 11 is 6.02. The molecule has 0 radical (unpaired) electrons. The van der Waals surface area contributed by atoms with Crippen LogP contribution in [0, 0.1) is 5.92 Å². The number of rotatable bonds is 6. The number of carbonyl (C=O) groups is 2. The summed E-state index contributed by atoms with van der Waals surface area (Å²) in [6, 6.07) is 7.46. The number of hydrogen-bond donors (Lipinski definition) is 2. The van der Waals surface area contributed by atoms with E-state index in [0.717, 1.165) is 50.3 Å². The van der Waals surface area contributed by atoms with E-state index in [-0.39, 0.29) is 17.7 Å². The maximum absolute atomic E-state index is 12.6. The fraction of sp³-hybridized carbons (Fsp3) is 0.609. The Bertz CT molecular complexity index is 771. The molecule has 2 N–H and O–H groups in total. The highest BCUT2D eigenvalue weighted by atomic mass is 35.5. The number of piperazine rings is 1. The summed E-state index contributed by atoms with van der Waals surface area (Å²) in [6.45, 7) is 4.02. The topological polar surface area (TPSA) is 77.0 Å². The van der Waals surface area contributed by atoms with Gasteiger partial charge in [-0.25, -0.2) is 0 Å². The van der Waals surface area contributed by atoms with Crippen LogP contribution in [-0.2, 0) is 16.0 Å². The Hall–Kier alpha value is -2.28. The van der Waals surface area contributed by atoms with E-state index in [1.165, 1.54) is 6.42 Å². The number of amides is 2. The molecule has 2 aliphatic rings. The Morgan fingerprint density at radius 3 is 2.39 bits per heavy atom. The standard InChI is InChI=1S/C23H34ClN5O2/c1-25-23(27-11-10-26-22(31)19-7-3-2-4-8-19)29-14-12-28(13-15-29)21(30)17-18-6-5-9-20(24)16-18/h5-6,9,16,19H,2-4,7-8,10-15,17H2,1H3,(H,25,27)(H,26,31). The van der Waals surface area contributed by atoms with E-state index in [9.17, 15) is 9.59 Å². The molecular weight excluding hydrogens is 414 g/mol. The van der Waals surface area contributed by atoms with Gasteiger partial charge in [0, 0.05) is 57.3 Å². The Morgan fingerprint density at radius 2 is 1.71 bits per heavy atom. The van der Waals surface area contributed by atoms with E-state index in [2.05, 4.69) is 20.5 Å². The first-order valence-electron chi connectivity index (χ1n) is 11.3. The second-order valence-corrected chi connectivity index (χ2v) is 8.71. The van der Waals surface area contributed by atoms with Crippen LogP contribution in [0.25, 0.3) is 0 Å². The average molecular weight is 448 g/mol. The number of benzene rings is 1. The van der Waals surface area contributed by atoms with Crippen molar-refractivity contribution in [1.29, 1.82) is 0 Å². The van der Waals surface area contributed by atoms with Gasteiger partial charge in [-0.2, -0.15) is 0 Å². The largest absolute Gasteiger partial charge is 0.354 e. The molecule has 1 aromatic rings. The van der Waals surface area contributed by atoms with Gasteiger partial charge in [0.2, 0.25) is 11.8 Å². The summed E-state index contributed by atoms with van der Waals surface area (Å²) < 4.78 is 0. The van der Waals surface area contributed by atoms with Gasteiger partial charge in [-0.1, -0.05) is 43.0 Å². The summed E-state index contributed by atoms with van der Waals surface area (Å²) in [5.41, 5.74) is 0.938. The van der Waals surface area contributed by atoms with Crippen LogP contribution in [0.3, 0.4) is 0 Å². The predicted octanol–water partition coefficient (Wildman–Crippen LogP) is 2.30. The lowest BCUT2D eigenvalue weighted by molar-refractivity contribution is -0.131. The number of aliphatic imine (C=N–C) groups is 1. The van der Waals surface area contributed by atoms with E-state index in [1.54, 1.807) is 7.05 Å². The molecule has 1 aliphatic heterocycles. The highest BCUT2D eigenvalue weighted by Crippen LogP contribution is 2.23. The third-order valence-corrected chi connectivity index (χ3v) is 6.31. The molecule has 1 aliphatic carbocycles. The molecule has 0 aromatic heterocycles. The van der Waals surface area contributed by atoms with Crippen molar-refractivity contribution in [2.45, 2.75) is 38.5 Å². The zero-order valence-electron chi connectivity index (χ0n) is 18.4. The number of nitrogens with zero attached hydrogens (tertiary/aromatic N) is 3. The third kappa shape index (κ3) is 7.13. The van der Waals surface area contributed by atoms with Crippen LogP contribution in [-0.4, -0.2) is 73.9 Å². The number of carbonyl (C=O) groups excluding carboxylic acids is 2. The Kier molecular flexibility index (Phi) is 9.00.